The van der Waals surface area contributed by atoms with E-state index in [1.165, 1.54) is 17.3 Å². The molecule has 0 radical (unpaired) electrons. The highest BCUT2D eigenvalue weighted by Crippen LogP contribution is 2.49. The van der Waals surface area contributed by atoms with Gasteiger partial charge >= 0.3 is 0 Å². The second kappa shape index (κ2) is 8.99. The van der Waals surface area contributed by atoms with E-state index in [2.05, 4.69) is 23.5 Å². The van der Waals surface area contributed by atoms with Gasteiger partial charge in [0.25, 0.3) is 5.56 Å². The molecule has 0 atom stereocenters. The Morgan fingerprint density at radius 2 is 1.97 bits per heavy atom. The van der Waals surface area contributed by atoms with Crippen molar-refractivity contribution in [2.45, 2.75) is 56.1 Å². The number of nitrogens with zero attached hydrogens (tertiary/aromatic N) is 2. The first-order chi connectivity index (χ1) is 16.0. The van der Waals surface area contributed by atoms with E-state index in [1.54, 1.807) is 28.8 Å². The van der Waals surface area contributed by atoms with E-state index in [1.807, 2.05) is 13.0 Å². The molecule has 1 aromatic heterocycles. The molecule has 7 heteroatoms. The van der Waals surface area contributed by atoms with Gasteiger partial charge in [-0.25, -0.2) is 4.98 Å². The van der Waals surface area contributed by atoms with Crippen LogP contribution in [0, 0.1) is 0 Å². The normalized spacial score (nSPS) is 15.8. The fraction of sp³-hybridized carbons (Fsp3) is 0.346. The van der Waals surface area contributed by atoms with Crippen LogP contribution in [-0.4, -0.2) is 21.2 Å². The maximum atomic E-state index is 13.8. The van der Waals surface area contributed by atoms with Gasteiger partial charge in [0, 0.05) is 28.2 Å². The zero-order valence-electron chi connectivity index (χ0n) is 18.6. The molecule has 1 fully saturated rings. The predicted molar refractivity (Wildman–Crippen MR) is 134 cm³/mol. The van der Waals surface area contributed by atoms with Crippen LogP contribution in [0.15, 0.2) is 58.5 Å². The molecule has 1 heterocycles. The second-order valence-corrected chi connectivity index (χ2v) is 10.2. The molecule has 1 spiro atoms. The van der Waals surface area contributed by atoms with Crippen molar-refractivity contribution in [1.82, 2.24) is 9.55 Å². The van der Waals surface area contributed by atoms with Crippen LogP contribution in [0.25, 0.3) is 11.3 Å². The lowest BCUT2D eigenvalue weighted by Gasteiger charge is -2.36. The molecule has 1 amide bonds. The molecule has 0 bridgehead atoms. The van der Waals surface area contributed by atoms with E-state index in [4.69, 9.17) is 16.6 Å². The lowest BCUT2D eigenvalue weighted by Crippen LogP contribution is -2.40. The third-order valence-electron chi connectivity index (χ3n) is 6.78. The Morgan fingerprint density at radius 1 is 1.18 bits per heavy atom. The van der Waals surface area contributed by atoms with Gasteiger partial charge in [0.2, 0.25) is 5.91 Å². The summed E-state index contributed by atoms with van der Waals surface area (Å²) in [4.78, 5) is 31.4. The highest BCUT2D eigenvalue weighted by molar-refractivity contribution is 7.99. The summed E-state index contributed by atoms with van der Waals surface area (Å²) in [5.74, 6) is -0.00518. The Morgan fingerprint density at radius 3 is 2.73 bits per heavy atom. The smallest absolute Gasteiger partial charge is 0.258 e. The van der Waals surface area contributed by atoms with E-state index < -0.39 is 0 Å². The lowest BCUT2D eigenvalue weighted by atomic mass is 9.68. The molecule has 2 aliphatic rings. The highest BCUT2D eigenvalue weighted by atomic mass is 35.5. The van der Waals surface area contributed by atoms with Crippen LogP contribution in [0.1, 0.15) is 43.7 Å². The summed E-state index contributed by atoms with van der Waals surface area (Å²) >= 11 is 7.32. The van der Waals surface area contributed by atoms with E-state index in [9.17, 15) is 9.59 Å². The molecule has 2 aliphatic carbocycles. The Hall–Kier alpha value is -2.57. The Labute approximate surface area is 202 Å². The van der Waals surface area contributed by atoms with E-state index in [0.29, 0.717) is 22.4 Å². The van der Waals surface area contributed by atoms with Crippen LogP contribution in [0.4, 0.5) is 5.69 Å². The lowest BCUT2D eigenvalue weighted by molar-refractivity contribution is -0.113. The van der Waals surface area contributed by atoms with Crippen molar-refractivity contribution < 1.29 is 4.79 Å². The second-order valence-electron chi connectivity index (χ2n) is 8.84. The molecule has 0 unspecified atom stereocenters. The Bertz CT molecular complexity index is 1280. The van der Waals surface area contributed by atoms with Crippen molar-refractivity contribution in [3.8, 4) is 11.3 Å². The largest absolute Gasteiger partial charge is 0.325 e. The minimum absolute atomic E-state index is 0.0525. The van der Waals surface area contributed by atoms with Crippen LogP contribution >= 0.6 is 23.4 Å². The number of amides is 1. The predicted octanol–water partition coefficient (Wildman–Crippen LogP) is 5.68. The molecule has 33 heavy (non-hydrogen) atoms. The number of hydrogen-bond donors (Lipinski definition) is 1. The molecule has 0 saturated heterocycles. The third-order valence-corrected chi connectivity index (χ3v) is 7.99. The first-order valence-corrected chi connectivity index (χ1v) is 12.8. The van der Waals surface area contributed by atoms with Gasteiger partial charge in [0.1, 0.15) is 0 Å². The van der Waals surface area contributed by atoms with E-state index in [0.717, 1.165) is 48.9 Å². The van der Waals surface area contributed by atoms with Crippen LogP contribution < -0.4 is 10.9 Å². The fourth-order valence-corrected chi connectivity index (χ4v) is 6.37. The Kier molecular flexibility index (Phi) is 6.06. The van der Waals surface area contributed by atoms with Crippen molar-refractivity contribution >= 4 is 35.0 Å². The fourth-order valence-electron chi connectivity index (χ4n) is 5.33. The number of halogens is 1. The van der Waals surface area contributed by atoms with Crippen molar-refractivity contribution in [1.29, 1.82) is 0 Å². The van der Waals surface area contributed by atoms with Gasteiger partial charge in [-0.1, -0.05) is 66.5 Å². The molecule has 5 nitrogen and oxygen atoms in total. The number of carbonyl (C=O) groups is 1. The first kappa shape index (κ1) is 22.2. The quantitative estimate of drug-likeness (QED) is 0.377. The summed E-state index contributed by atoms with van der Waals surface area (Å²) in [5, 5.41) is 4.02. The summed E-state index contributed by atoms with van der Waals surface area (Å²) in [6.07, 6.45) is 5.26. The number of hydrogen-bond acceptors (Lipinski definition) is 4. The summed E-state index contributed by atoms with van der Waals surface area (Å²) < 4.78 is 1.74. The highest BCUT2D eigenvalue weighted by Gasteiger charge is 2.44. The van der Waals surface area contributed by atoms with Crippen molar-refractivity contribution in [3.63, 3.8) is 0 Å². The van der Waals surface area contributed by atoms with Crippen molar-refractivity contribution in [2.24, 2.45) is 0 Å². The number of nitrogens with one attached hydrogen (secondary N) is 1. The number of rotatable bonds is 5. The molecular formula is C26H26ClN3O2S. The average Bonchev–Trinajstić information content (AvgIpc) is 3.26. The molecule has 2 aromatic carbocycles. The number of carbonyl (C=O) groups excluding carboxylic acids is 1. The number of anilines is 1. The van der Waals surface area contributed by atoms with Crippen molar-refractivity contribution in [2.75, 3.05) is 11.1 Å². The van der Waals surface area contributed by atoms with Gasteiger partial charge in [-0.05, 0) is 49.9 Å². The van der Waals surface area contributed by atoms with Gasteiger partial charge in [-0.3, -0.25) is 14.2 Å². The molecule has 0 aliphatic heterocycles. The topological polar surface area (TPSA) is 64.0 Å². The van der Waals surface area contributed by atoms with Gasteiger partial charge in [0.05, 0.1) is 17.0 Å². The zero-order chi connectivity index (χ0) is 23.0. The molecule has 1 saturated carbocycles. The molecule has 3 aromatic rings. The standard InChI is InChI=1S/C26H26ClN3O2S/c1-2-30-24(32)22-23(20-11-4-3-8-17(20)15-26(22)12-5-6-13-26)29-25(30)33-16-21(31)28-19-10-7-9-18(27)14-19/h3-4,7-11,14H,2,5-6,12-13,15-16H2,1H3,(H,28,31). The van der Waals surface area contributed by atoms with Crippen LogP contribution in [0.3, 0.4) is 0 Å². The Balaban J connectivity index is 1.50. The minimum atomic E-state index is -0.162. The van der Waals surface area contributed by atoms with Crippen LogP contribution in [-0.2, 0) is 23.2 Å². The minimum Gasteiger partial charge on any atom is -0.325 e. The number of benzene rings is 2. The van der Waals surface area contributed by atoms with Crippen LogP contribution in [0.2, 0.25) is 5.02 Å². The van der Waals surface area contributed by atoms with E-state index in [-0.39, 0.29) is 22.6 Å². The molecule has 170 valence electrons. The summed E-state index contributed by atoms with van der Waals surface area (Å²) in [6.45, 7) is 2.48. The van der Waals surface area contributed by atoms with Crippen LogP contribution in [0.5, 0.6) is 0 Å². The summed E-state index contributed by atoms with van der Waals surface area (Å²) in [7, 11) is 0. The van der Waals surface area contributed by atoms with E-state index >= 15 is 0 Å². The summed E-state index contributed by atoms with van der Waals surface area (Å²) in [5.41, 5.74) is 4.60. The van der Waals surface area contributed by atoms with Gasteiger partial charge in [-0.2, -0.15) is 0 Å². The zero-order valence-corrected chi connectivity index (χ0v) is 20.1. The van der Waals surface area contributed by atoms with Gasteiger partial charge in [0.15, 0.2) is 5.16 Å². The summed E-state index contributed by atoms with van der Waals surface area (Å²) in [6, 6.07) is 15.4. The number of aromatic nitrogens is 2. The molecular weight excluding hydrogens is 454 g/mol. The maximum absolute atomic E-state index is 13.8. The molecule has 1 N–H and O–H groups in total. The monoisotopic (exact) mass is 479 g/mol. The SMILES string of the molecule is CCn1c(SCC(=O)Nc2cccc(Cl)c2)nc2c(c1=O)C1(CCCC1)Cc1ccccc1-2. The maximum Gasteiger partial charge on any atom is 0.258 e. The average molecular weight is 480 g/mol. The van der Waals surface area contributed by atoms with Gasteiger partial charge in [-0.15, -0.1) is 0 Å². The number of fused-ring (bicyclic) bond motifs is 4. The third kappa shape index (κ3) is 4.11. The van der Waals surface area contributed by atoms with Gasteiger partial charge < -0.3 is 5.32 Å². The molecule has 5 rings (SSSR count). The number of thioether (sulfide) groups is 1. The first-order valence-electron chi connectivity index (χ1n) is 11.4. The van der Waals surface area contributed by atoms with Crippen molar-refractivity contribution in [3.05, 3.63) is 75.0 Å².